The average Bonchev–Trinajstić information content (AvgIpc) is 2.27. The van der Waals surface area contributed by atoms with Crippen molar-refractivity contribution in [3.63, 3.8) is 0 Å². The van der Waals surface area contributed by atoms with Crippen molar-refractivity contribution in [3.05, 3.63) is 18.3 Å². The molecule has 0 radical (unpaired) electrons. The topological polar surface area (TPSA) is 54.0 Å². The maximum absolute atomic E-state index is 11.4. The summed E-state index contributed by atoms with van der Waals surface area (Å²) in [6.45, 7) is 2.07. The minimum Gasteiger partial charge on any atom is -0.373 e. The summed E-state index contributed by atoms with van der Waals surface area (Å²) < 4.78 is 0. The summed E-state index contributed by atoms with van der Waals surface area (Å²) in [5.74, 6) is 0.845. The lowest BCUT2D eigenvalue weighted by molar-refractivity contribution is -0.116. The molecule has 0 spiro atoms. The third-order valence-electron chi connectivity index (χ3n) is 2.06. The van der Waals surface area contributed by atoms with Gasteiger partial charge in [0.25, 0.3) is 0 Å². The van der Waals surface area contributed by atoms with Crippen molar-refractivity contribution >= 4 is 17.4 Å². The lowest BCUT2D eigenvalue weighted by Crippen LogP contribution is -2.11. The van der Waals surface area contributed by atoms with Crippen LogP contribution < -0.4 is 10.6 Å². The summed E-state index contributed by atoms with van der Waals surface area (Å²) in [6, 6.07) is 3.66. The standard InChI is InChI=1S/C11H17N3O/c1-3-4-5-11(15)14-9-6-7-10(12-2)13-8-9/h6-8H,3-5H2,1-2H3,(H,12,13)(H,14,15). The molecule has 0 bridgehead atoms. The summed E-state index contributed by atoms with van der Waals surface area (Å²) in [6.07, 6.45) is 4.18. The summed E-state index contributed by atoms with van der Waals surface area (Å²) >= 11 is 0. The van der Waals surface area contributed by atoms with Crippen LogP contribution in [0.2, 0.25) is 0 Å². The number of nitrogens with zero attached hydrogens (tertiary/aromatic N) is 1. The summed E-state index contributed by atoms with van der Waals surface area (Å²) in [5, 5.41) is 5.72. The lowest BCUT2D eigenvalue weighted by atomic mass is 10.2. The maximum Gasteiger partial charge on any atom is 0.224 e. The lowest BCUT2D eigenvalue weighted by Gasteiger charge is -2.05. The smallest absolute Gasteiger partial charge is 0.224 e. The van der Waals surface area contributed by atoms with E-state index in [1.807, 2.05) is 19.2 Å². The van der Waals surface area contributed by atoms with Gasteiger partial charge in [0.15, 0.2) is 0 Å². The van der Waals surface area contributed by atoms with E-state index in [-0.39, 0.29) is 5.91 Å². The van der Waals surface area contributed by atoms with Crippen LogP contribution >= 0.6 is 0 Å². The number of pyridine rings is 1. The van der Waals surface area contributed by atoms with E-state index in [0.29, 0.717) is 6.42 Å². The van der Waals surface area contributed by atoms with Crippen LogP contribution in [-0.2, 0) is 4.79 Å². The Kier molecular flexibility index (Phi) is 4.60. The maximum atomic E-state index is 11.4. The van der Waals surface area contributed by atoms with Gasteiger partial charge in [-0.2, -0.15) is 0 Å². The van der Waals surface area contributed by atoms with Gasteiger partial charge in [0.1, 0.15) is 5.82 Å². The quantitative estimate of drug-likeness (QED) is 0.778. The highest BCUT2D eigenvalue weighted by Crippen LogP contribution is 2.09. The number of hydrogen-bond donors (Lipinski definition) is 2. The van der Waals surface area contributed by atoms with E-state index in [1.54, 1.807) is 6.20 Å². The third-order valence-corrected chi connectivity index (χ3v) is 2.06. The Balaban J connectivity index is 2.46. The Morgan fingerprint density at radius 2 is 2.27 bits per heavy atom. The van der Waals surface area contributed by atoms with E-state index in [9.17, 15) is 4.79 Å². The molecular formula is C11H17N3O. The van der Waals surface area contributed by atoms with Crippen molar-refractivity contribution in [2.45, 2.75) is 26.2 Å². The normalized spacial score (nSPS) is 9.73. The first kappa shape index (κ1) is 11.5. The van der Waals surface area contributed by atoms with E-state index in [4.69, 9.17) is 0 Å². The van der Waals surface area contributed by atoms with Crippen LogP contribution in [0.25, 0.3) is 0 Å². The Morgan fingerprint density at radius 3 is 2.80 bits per heavy atom. The van der Waals surface area contributed by atoms with E-state index >= 15 is 0 Å². The number of anilines is 2. The first-order valence-corrected chi connectivity index (χ1v) is 5.20. The molecule has 4 heteroatoms. The van der Waals surface area contributed by atoms with Gasteiger partial charge in [-0.25, -0.2) is 4.98 Å². The fraction of sp³-hybridized carbons (Fsp3) is 0.455. The largest absolute Gasteiger partial charge is 0.373 e. The third kappa shape index (κ3) is 3.97. The Bertz CT molecular complexity index is 308. The van der Waals surface area contributed by atoms with Gasteiger partial charge in [-0.1, -0.05) is 13.3 Å². The molecule has 15 heavy (non-hydrogen) atoms. The molecule has 0 aliphatic heterocycles. The Hall–Kier alpha value is -1.58. The van der Waals surface area contributed by atoms with Crippen molar-refractivity contribution < 1.29 is 4.79 Å². The number of carbonyl (C=O) groups is 1. The highest BCUT2D eigenvalue weighted by Gasteiger charge is 2.01. The molecule has 0 saturated carbocycles. The molecule has 1 aromatic heterocycles. The summed E-state index contributed by atoms with van der Waals surface area (Å²) in [7, 11) is 1.81. The van der Waals surface area contributed by atoms with E-state index in [0.717, 1.165) is 24.3 Å². The second kappa shape index (κ2) is 6.01. The second-order valence-corrected chi connectivity index (χ2v) is 3.33. The number of aromatic nitrogens is 1. The van der Waals surface area contributed by atoms with E-state index < -0.39 is 0 Å². The molecule has 1 heterocycles. The van der Waals surface area contributed by atoms with Gasteiger partial charge >= 0.3 is 0 Å². The van der Waals surface area contributed by atoms with Crippen LogP contribution in [0.15, 0.2) is 18.3 Å². The molecule has 1 amide bonds. The van der Waals surface area contributed by atoms with Crippen LogP contribution in [0.3, 0.4) is 0 Å². The molecule has 4 nitrogen and oxygen atoms in total. The first-order chi connectivity index (χ1) is 7.26. The summed E-state index contributed by atoms with van der Waals surface area (Å²) in [5.41, 5.74) is 0.745. The molecule has 0 unspecified atom stereocenters. The molecular weight excluding hydrogens is 190 g/mol. The van der Waals surface area contributed by atoms with E-state index in [2.05, 4.69) is 22.5 Å². The van der Waals surface area contributed by atoms with Crippen molar-refractivity contribution in [3.8, 4) is 0 Å². The molecule has 0 aliphatic rings. The minimum atomic E-state index is 0.0517. The number of hydrogen-bond acceptors (Lipinski definition) is 3. The zero-order valence-corrected chi connectivity index (χ0v) is 9.21. The highest BCUT2D eigenvalue weighted by molar-refractivity contribution is 5.90. The molecule has 0 aromatic carbocycles. The molecule has 0 atom stereocenters. The monoisotopic (exact) mass is 207 g/mol. The van der Waals surface area contributed by atoms with Gasteiger partial charge in [-0.15, -0.1) is 0 Å². The summed E-state index contributed by atoms with van der Waals surface area (Å²) in [4.78, 5) is 15.5. The number of carbonyl (C=O) groups excluding carboxylic acids is 1. The molecule has 82 valence electrons. The molecule has 0 fully saturated rings. The van der Waals surface area contributed by atoms with Crippen molar-refractivity contribution in [1.29, 1.82) is 0 Å². The number of rotatable bonds is 5. The van der Waals surface area contributed by atoms with Gasteiger partial charge in [0.05, 0.1) is 11.9 Å². The predicted molar refractivity (Wildman–Crippen MR) is 61.9 cm³/mol. The molecule has 2 N–H and O–H groups in total. The van der Waals surface area contributed by atoms with Crippen LogP contribution in [0.1, 0.15) is 26.2 Å². The second-order valence-electron chi connectivity index (χ2n) is 3.33. The van der Waals surface area contributed by atoms with Crippen molar-refractivity contribution in [2.75, 3.05) is 17.7 Å². The molecule has 0 aliphatic carbocycles. The van der Waals surface area contributed by atoms with Gasteiger partial charge in [-0.3, -0.25) is 4.79 Å². The van der Waals surface area contributed by atoms with Gasteiger partial charge in [0.2, 0.25) is 5.91 Å². The molecule has 1 aromatic rings. The zero-order chi connectivity index (χ0) is 11.1. The Labute approximate surface area is 90.1 Å². The van der Waals surface area contributed by atoms with Crippen LogP contribution in [0.4, 0.5) is 11.5 Å². The number of nitrogens with one attached hydrogen (secondary N) is 2. The van der Waals surface area contributed by atoms with Crippen molar-refractivity contribution in [1.82, 2.24) is 4.98 Å². The fourth-order valence-corrected chi connectivity index (χ4v) is 1.18. The number of unbranched alkanes of at least 4 members (excludes halogenated alkanes) is 1. The van der Waals surface area contributed by atoms with E-state index in [1.165, 1.54) is 0 Å². The SMILES string of the molecule is CCCCC(=O)Nc1ccc(NC)nc1. The zero-order valence-electron chi connectivity index (χ0n) is 9.21. The number of amides is 1. The predicted octanol–water partition coefficient (Wildman–Crippen LogP) is 2.25. The van der Waals surface area contributed by atoms with Crippen LogP contribution in [-0.4, -0.2) is 17.9 Å². The van der Waals surface area contributed by atoms with Gasteiger partial charge in [-0.05, 0) is 18.6 Å². The van der Waals surface area contributed by atoms with Gasteiger partial charge < -0.3 is 10.6 Å². The highest BCUT2D eigenvalue weighted by atomic mass is 16.1. The fourth-order valence-electron chi connectivity index (χ4n) is 1.18. The first-order valence-electron chi connectivity index (χ1n) is 5.20. The molecule has 0 saturated heterocycles. The van der Waals surface area contributed by atoms with Crippen LogP contribution in [0, 0.1) is 0 Å². The van der Waals surface area contributed by atoms with Crippen molar-refractivity contribution in [2.24, 2.45) is 0 Å². The average molecular weight is 207 g/mol. The minimum absolute atomic E-state index is 0.0517. The van der Waals surface area contributed by atoms with Gasteiger partial charge in [0, 0.05) is 13.5 Å². The van der Waals surface area contributed by atoms with Crippen LogP contribution in [0.5, 0.6) is 0 Å². The Morgan fingerprint density at radius 1 is 1.47 bits per heavy atom. The molecule has 1 rings (SSSR count).